The molecule has 0 fully saturated rings. The van der Waals surface area contributed by atoms with Crippen LogP contribution < -0.4 is 4.72 Å². The lowest BCUT2D eigenvalue weighted by Gasteiger charge is -1.99. The Morgan fingerprint density at radius 1 is 1.60 bits per heavy atom. The molecule has 10 heavy (non-hydrogen) atoms. The molecule has 59 valence electrons. The van der Waals surface area contributed by atoms with E-state index in [2.05, 4.69) is 11.6 Å². The molecule has 5 heteroatoms. The molecule has 0 aliphatic carbocycles. The predicted molar refractivity (Wildman–Crippen MR) is 37.8 cm³/mol. The van der Waals surface area contributed by atoms with Gasteiger partial charge >= 0.3 is 0 Å². The molecule has 1 radical (unpaired) electrons. The molecule has 0 saturated carbocycles. The summed E-state index contributed by atoms with van der Waals surface area (Å²) in [6, 6.07) is 0. The average molecular weight is 164 g/mol. The lowest BCUT2D eigenvalue weighted by Crippen LogP contribution is -2.29. The SMILES string of the molecule is [CH2]CS(=O)(=O)NCC(C)=O. The van der Waals surface area contributed by atoms with E-state index in [0.29, 0.717) is 0 Å². The molecule has 0 amide bonds. The number of sulfonamides is 1. The third-order valence-corrected chi connectivity index (χ3v) is 1.93. The quantitative estimate of drug-likeness (QED) is 0.599. The van der Waals surface area contributed by atoms with Gasteiger partial charge in [0.15, 0.2) is 0 Å². The second kappa shape index (κ2) is 3.68. The third-order valence-electron chi connectivity index (χ3n) is 0.810. The van der Waals surface area contributed by atoms with E-state index in [-0.39, 0.29) is 18.1 Å². The molecule has 0 heterocycles. The van der Waals surface area contributed by atoms with Crippen molar-refractivity contribution in [1.29, 1.82) is 0 Å². The summed E-state index contributed by atoms with van der Waals surface area (Å²) in [6.45, 7) is 4.34. The first kappa shape index (κ1) is 9.58. The van der Waals surface area contributed by atoms with Crippen LogP contribution in [0.5, 0.6) is 0 Å². The van der Waals surface area contributed by atoms with Gasteiger partial charge in [-0.25, -0.2) is 13.1 Å². The second-order valence-electron chi connectivity index (χ2n) is 1.84. The van der Waals surface area contributed by atoms with Gasteiger partial charge in [-0.1, -0.05) is 0 Å². The number of hydrogen-bond acceptors (Lipinski definition) is 3. The van der Waals surface area contributed by atoms with E-state index >= 15 is 0 Å². The van der Waals surface area contributed by atoms with E-state index in [1.54, 1.807) is 0 Å². The topological polar surface area (TPSA) is 63.2 Å². The Hall–Kier alpha value is -0.420. The molecule has 0 aromatic heterocycles. The van der Waals surface area contributed by atoms with Crippen molar-refractivity contribution in [1.82, 2.24) is 4.72 Å². The Balaban J connectivity index is 3.81. The van der Waals surface area contributed by atoms with Crippen LogP contribution in [0.2, 0.25) is 0 Å². The fourth-order valence-corrected chi connectivity index (χ4v) is 0.851. The zero-order valence-corrected chi connectivity index (χ0v) is 6.57. The van der Waals surface area contributed by atoms with Crippen molar-refractivity contribution < 1.29 is 13.2 Å². The highest BCUT2D eigenvalue weighted by Gasteiger charge is 2.05. The first-order valence-corrected chi connectivity index (χ1v) is 4.39. The predicted octanol–water partition coefficient (Wildman–Crippen LogP) is -0.671. The molecule has 0 bridgehead atoms. The fraction of sp³-hybridized carbons (Fsp3) is 0.600. The van der Waals surface area contributed by atoms with Crippen LogP contribution in [0.15, 0.2) is 0 Å². The minimum atomic E-state index is -3.30. The van der Waals surface area contributed by atoms with Crippen molar-refractivity contribution in [2.24, 2.45) is 0 Å². The monoisotopic (exact) mass is 164 g/mol. The minimum Gasteiger partial charge on any atom is -0.299 e. The highest BCUT2D eigenvalue weighted by atomic mass is 32.2. The number of Topliss-reactive ketones (excluding diaryl/α,β-unsaturated/α-hetero) is 1. The van der Waals surface area contributed by atoms with E-state index in [1.807, 2.05) is 0 Å². The molecule has 0 aromatic carbocycles. The highest BCUT2D eigenvalue weighted by Crippen LogP contribution is 1.79. The van der Waals surface area contributed by atoms with Gasteiger partial charge in [0.05, 0.1) is 12.3 Å². The van der Waals surface area contributed by atoms with Crippen molar-refractivity contribution in [2.75, 3.05) is 12.3 Å². The largest absolute Gasteiger partial charge is 0.299 e. The lowest BCUT2D eigenvalue weighted by atomic mass is 10.5. The average Bonchev–Trinajstić information content (AvgIpc) is 1.85. The minimum absolute atomic E-state index is 0.141. The van der Waals surface area contributed by atoms with Crippen LogP contribution in [-0.2, 0) is 14.8 Å². The molecule has 0 spiro atoms. The number of carbonyl (C=O) groups excluding carboxylic acids is 1. The molecule has 0 rings (SSSR count). The van der Waals surface area contributed by atoms with Gasteiger partial charge in [0, 0.05) is 0 Å². The van der Waals surface area contributed by atoms with E-state index in [1.165, 1.54) is 6.92 Å². The zero-order valence-electron chi connectivity index (χ0n) is 5.75. The van der Waals surface area contributed by atoms with E-state index < -0.39 is 10.0 Å². The number of nitrogens with one attached hydrogen (secondary N) is 1. The van der Waals surface area contributed by atoms with Gasteiger partial charge in [0.1, 0.15) is 5.78 Å². The summed E-state index contributed by atoms with van der Waals surface area (Å²) in [6.07, 6.45) is 0. The van der Waals surface area contributed by atoms with Crippen LogP contribution in [0.3, 0.4) is 0 Å². The first-order valence-electron chi connectivity index (χ1n) is 2.74. The molecule has 0 aliphatic rings. The van der Waals surface area contributed by atoms with E-state index in [9.17, 15) is 13.2 Å². The number of rotatable bonds is 4. The fourth-order valence-electron chi connectivity index (χ4n) is 0.284. The summed E-state index contributed by atoms with van der Waals surface area (Å²) in [5.41, 5.74) is 0. The van der Waals surface area contributed by atoms with Crippen molar-refractivity contribution in [2.45, 2.75) is 6.92 Å². The second-order valence-corrected chi connectivity index (χ2v) is 3.77. The summed E-state index contributed by atoms with van der Waals surface area (Å²) in [5.74, 6) is -0.447. The number of hydrogen-bond donors (Lipinski definition) is 1. The molecule has 0 unspecified atom stereocenters. The summed E-state index contributed by atoms with van der Waals surface area (Å²) < 4.78 is 23.2. The molecule has 0 atom stereocenters. The zero-order chi connectivity index (χ0) is 8.20. The highest BCUT2D eigenvalue weighted by molar-refractivity contribution is 7.89. The van der Waals surface area contributed by atoms with Crippen LogP contribution in [-0.4, -0.2) is 26.5 Å². The maximum atomic E-state index is 10.6. The maximum Gasteiger partial charge on any atom is 0.211 e. The Labute approximate surface area is 60.7 Å². The van der Waals surface area contributed by atoms with Crippen molar-refractivity contribution in [3.05, 3.63) is 6.92 Å². The number of carbonyl (C=O) groups is 1. The molecule has 0 saturated heterocycles. The maximum absolute atomic E-state index is 10.6. The van der Waals surface area contributed by atoms with Crippen LogP contribution in [0.25, 0.3) is 0 Å². The Morgan fingerprint density at radius 3 is 2.40 bits per heavy atom. The van der Waals surface area contributed by atoms with Gasteiger partial charge < -0.3 is 0 Å². The molecule has 0 aliphatic heterocycles. The van der Waals surface area contributed by atoms with Gasteiger partial charge in [-0.3, -0.25) is 4.79 Å². The Bertz CT molecular complexity index is 207. The smallest absolute Gasteiger partial charge is 0.211 e. The van der Waals surface area contributed by atoms with Crippen molar-refractivity contribution >= 4 is 15.8 Å². The van der Waals surface area contributed by atoms with Crippen molar-refractivity contribution in [3.63, 3.8) is 0 Å². The standard InChI is InChI=1S/C5H10NO3S/c1-3-10(8,9)6-4-5(2)7/h6H,1,3-4H2,2H3. The summed E-state index contributed by atoms with van der Waals surface area (Å²) >= 11 is 0. The third kappa shape index (κ3) is 4.46. The summed E-state index contributed by atoms with van der Waals surface area (Å²) in [4.78, 5) is 10.3. The van der Waals surface area contributed by atoms with Gasteiger partial charge in [-0.05, 0) is 13.8 Å². The Morgan fingerprint density at radius 2 is 2.10 bits per heavy atom. The first-order chi connectivity index (χ1) is 4.48. The normalized spacial score (nSPS) is 11.4. The van der Waals surface area contributed by atoms with Gasteiger partial charge in [-0.15, -0.1) is 0 Å². The van der Waals surface area contributed by atoms with E-state index in [0.717, 1.165) is 0 Å². The van der Waals surface area contributed by atoms with Crippen LogP contribution in [0.4, 0.5) is 0 Å². The van der Waals surface area contributed by atoms with Gasteiger partial charge in [0.25, 0.3) is 0 Å². The molecule has 0 aromatic rings. The van der Waals surface area contributed by atoms with Crippen molar-refractivity contribution in [3.8, 4) is 0 Å². The van der Waals surface area contributed by atoms with Crippen LogP contribution >= 0.6 is 0 Å². The van der Waals surface area contributed by atoms with Gasteiger partial charge in [-0.2, -0.15) is 0 Å². The lowest BCUT2D eigenvalue weighted by molar-refractivity contribution is -0.115. The molecular formula is C5H10NO3S. The summed E-state index contributed by atoms with van der Waals surface area (Å²) in [7, 11) is -3.30. The molecule has 1 N–H and O–H groups in total. The van der Waals surface area contributed by atoms with Crippen LogP contribution in [0.1, 0.15) is 6.92 Å². The molecule has 4 nitrogen and oxygen atoms in total. The number of ketones is 1. The summed E-state index contributed by atoms with van der Waals surface area (Å²) in [5, 5.41) is 0. The Kier molecular flexibility index (Phi) is 3.52. The van der Waals surface area contributed by atoms with E-state index in [4.69, 9.17) is 0 Å². The van der Waals surface area contributed by atoms with Gasteiger partial charge in [0.2, 0.25) is 10.0 Å². The van der Waals surface area contributed by atoms with Crippen LogP contribution in [0, 0.1) is 6.92 Å². The molecular weight excluding hydrogens is 154 g/mol.